The van der Waals surface area contributed by atoms with E-state index in [2.05, 4.69) is 9.88 Å². The number of para-hydroxylation sites is 1. The van der Waals surface area contributed by atoms with Crippen LogP contribution in [0.2, 0.25) is 0 Å². The second kappa shape index (κ2) is 6.32. The van der Waals surface area contributed by atoms with Crippen LogP contribution >= 0.6 is 0 Å². The van der Waals surface area contributed by atoms with E-state index in [9.17, 15) is 14.4 Å². The van der Waals surface area contributed by atoms with E-state index in [1.807, 2.05) is 38.1 Å². The Labute approximate surface area is 173 Å². The molecule has 3 amide bonds. The van der Waals surface area contributed by atoms with Gasteiger partial charge < -0.3 is 14.3 Å². The molecule has 1 atom stereocenters. The predicted octanol–water partition coefficient (Wildman–Crippen LogP) is 3.84. The monoisotopic (exact) mass is 405 g/mol. The lowest BCUT2D eigenvalue weighted by atomic mass is 9.98. The minimum atomic E-state index is -1.35. The summed E-state index contributed by atoms with van der Waals surface area (Å²) in [5, 5.41) is 3.56. The quantitative estimate of drug-likeness (QED) is 0.516. The number of Topliss-reactive ketones (excluding diaryl/α,β-unsaturated/α-hetero) is 1. The Bertz CT molecular complexity index is 1180. The molecule has 1 saturated heterocycles. The molecule has 2 aliphatic rings. The zero-order chi connectivity index (χ0) is 21.2. The highest BCUT2D eigenvalue weighted by Gasteiger charge is 2.51. The average Bonchev–Trinajstić information content (AvgIpc) is 3.30. The predicted molar refractivity (Wildman–Crippen MR) is 110 cm³/mol. The lowest BCUT2D eigenvalue weighted by Gasteiger charge is -2.18. The van der Waals surface area contributed by atoms with Gasteiger partial charge in [-0.2, -0.15) is 0 Å². The fourth-order valence-corrected chi connectivity index (χ4v) is 4.42. The molecule has 30 heavy (non-hydrogen) atoms. The van der Waals surface area contributed by atoms with Gasteiger partial charge in [0.2, 0.25) is 0 Å². The number of fused-ring (bicyclic) bond motifs is 1. The Morgan fingerprint density at radius 3 is 2.63 bits per heavy atom. The molecule has 2 aromatic heterocycles. The summed E-state index contributed by atoms with van der Waals surface area (Å²) in [4.78, 5) is 39.8. The number of hydrogen-bond acceptors (Lipinski definition) is 4. The van der Waals surface area contributed by atoms with Crippen molar-refractivity contribution in [1.82, 2.24) is 14.8 Å². The molecule has 1 aliphatic carbocycles. The number of aromatic nitrogens is 1. The van der Waals surface area contributed by atoms with E-state index in [1.54, 1.807) is 19.1 Å². The van der Waals surface area contributed by atoms with Crippen LogP contribution in [0.5, 0.6) is 0 Å². The van der Waals surface area contributed by atoms with Crippen molar-refractivity contribution >= 4 is 28.7 Å². The topological polar surface area (TPSA) is 84.6 Å². The van der Waals surface area contributed by atoms with Crippen molar-refractivity contribution in [2.75, 3.05) is 6.54 Å². The first-order valence-corrected chi connectivity index (χ1v) is 10.1. The van der Waals surface area contributed by atoms with Gasteiger partial charge >= 0.3 is 6.03 Å². The summed E-state index contributed by atoms with van der Waals surface area (Å²) in [5.41, 5.74) is 1.78. The Morgan fingerprint density at radius 2 is 1.93 bits per heavy atom. The lowest BCUT2D eigenvalue weighted by molar-refractivity contribution is -0.131. The Kier molecular flexibility index (Phi) is 3.93. The lowest BCUT2D eigenvalue weighted by Crippen LogP contribution is -2.41. The van der Waals surface area contributed by atoms with Gasteiger partial charge in [-0.25, -0.2) is 4.79 Å². The summed E-state index contributed by atoms with van der Waals surface area (Å²) < 4.78 is 8.01. The van der Waals surface area contributed by atoms with E-state index in [0.717, 1.165) is 34.5 Å². The standard InChI is InChI=1S/C23H23N3O4/c1-13-10-17(14(2)26(13)16-8-9-16)18(27)12-25-21(28)23(3,24-22(25)29)20-11-15-6-4-5-7-19(15)30-20/h4-7,10-11,16H,8-9,12H2,1-3H3,(H,24,29)/t23-/m0/s1. The third kappa shape index (κ3) is 2.69. The number of ketones is 1. The Morgan fingerprint density at radius 1 is 1.20 bits per heavy atom. The molecular weight excluding hydrogens is 382 g/mol. The first kappa shape index (κ1) is 18.7. The Balaban J connectivity index is 1.42. The number of amides is 3. The summed E-state index contributed by atoms with van der Waals surface area (Å²) in [6.45, 7) is 5.21. The third-order valence-corrected chi connectivity index (χ3v) is 6.19. The van der Waals surface area contributed by atoms with Gasteiger partial charge in [0.15, 0.2) is 11.3 Å². The number of nitrogens with zero attached hydrogens (tertiary/aromatic N) is 2. The molecule has 1 aliphatic heterocycles. The van der Waals surface area contributed by atoms with E-state index >= 15 is 0 Å². The van der Waals surface area contributed by atoms with E-state index in [4.69, 9.17) is 4.42 Å². The van der Waals surface area contributed by atoms with E-state index < -0.39 is 17.5 Å². The largest absolute Gasteiger partial charge is 0.458 e. The number of imide groups is 1. The minimum Gasteiger partial charge on any atom is -0.458 e. The number of aryl methyl sites for hydroxylation is 1. The van der Waals surface area contributed by atoms with Gasteiger partial charge in [0.1, 0.15) is 11.3 Å². The van der Waals surface area contributed by atoms with Crippen LogP contribution in [0.15, 0.2) is 40.8 Å². The van der Waals surface area contributed by atoms with Gasteiger partial charge in [-0.1, -0.05) is 18.2 Å². The summed E-state index contributed by atoms with van der Waals surface area (Å²) >= 11 is 0. The molecule has 0 radical (unpaired) electrons. The van der Waals surface area contributed by atoms with Crippen LogP contribution in [0.1, 0.15) is 53.3 Å². The molecule has 1 aromatic carbocycles. The number of carbonyl (C=O) groups excluding carboxylic acids is 3. The molecular formula is C23H23N3O4. The van der Waals surface area contributed by atoms with Crippen LogP contribution in [-0.4, -0.2) is 33.7 Å². The summed E-state index contributed by atoms with van der Waals surface area (Å²) in [6, 6.07) is 10.9. The summed E-state index contributed by atoms with van der Waals surface area (Å²) in [5.74, 6) is -0.382. The van der Waals surface area contributed by atoms with E-state index in [1.165, 1.54) is 0 Å². The molecule has 5 rings (SSSR count). The fourth-order valence-electron chi connectivity index (χ4n) is 4.42. The molecule has 0 bridgehead atoms. The smallest absolute Gasteiger partial charge is 0.325 e. The van der Waals surface area contributed by atoms with Gasteiger partial charge in [-0.3, -0.25) is 14.5 Å². The zero-order valence-electron chi connectivity index (χ0n) is 17.2. The van der Waals surface area contributed by atoms with Crippen molar-refractivity contribution in [3.63, 3.8) is 0 Å². The van der Waals surface area contributed by atoms with E-state index in [-0.39, 0.29) is 12.3 Å². The second-order valence-corrected chi connectivity index (χ2v) is 8.40. The van der Waals surface area contributed by atoms with E-state index in [0.29, 0.717) is 22.9 Å². The minimum absolute atomic E-state index is 0.243. The Hall–Kier alpha value is -3.35. The van der Waals surface area contributed by atoms with Crippen molar-refractivity contribution < 1.29 is 18.8 Å². The van der Waals surface area contributed by atoms with Crippen LogP contribution in [-0.2, 0) is 10.3 Å². The number of nitrogens with one attached hydrogen (secondary N) is 1. The maximum atomic E-state index is 13.2. The first-order valence-electron chi connectivity index (χ1n) is 10.1. The number of rotatable bonds is 5. The molecule has 3 heterocycles. The van der Waals surface area contributed by atoms with Crippen molar-refractivity contribution in [2.45, 2.75) is 45.2 Å². The number of hydrogen-bond donors (Lipinski definition) is 1. The maximum Gasteiger partial charge on any atom is 0.325 e. The molecule has 3 aromatic rings. The molecule has 7 heteroatoms. The summed E-state index contributed by atoms with van der Waals surface area (Å²) in [6.07, 6.45) is 2.24. The normalized spacial score (nSPS) is 21.5. The van der Waals surface area contributed by atoms with Gasteiger partial charge in [-0.05, 0) is 51.8 Å². The third-order valence-electron chi connectivity index (χ3n) is 6.19. The average molecular weight is 405 g/mol. The second-order valence-electron chi connectivity index (χ2n) is 8.40. The van der Waals surface area contributed by atoms with Gasteiger partial charge in [0, 0.05) is 28.4 Å². The van der Waals surface area contributed by atoms with Crippen LogP contribution in [0.3, 0.4) is 0 Å². The highest BCUT2D eigenvalue weighted by atomic mass is 16.3. The van der Waals surface area contributed by atoms with Crippen LogP contribution in [0, 0.1) is 13.8 Å². The van der Waals surface area contributed by atoms with Crippen LogP contribution < -0.4 is 5.32 Å². The summed E-state index contributed by atoms with van der Waals surface area (Å²) in [7, 11) is 0. The zero-order valence-corrected chi connectivity index (χ0v) is 17.2. The van der Waals surface area contributed by atoms with Crippen molar-refractivity contribution in [2.24, 2.45) is 0 Å². The van der Waals surface area contributed by atoms with Gasteiger partial charge in [0.25, 0.3) is 5.91 Å². The number of furan rings is 1. The van der Waals surface area contributed by atoms with Crippen molar-refractivity contribution in [1.29, 1.82) is 0 Å². The maximum absolute atomic E-state index is 13.2. The van der Waals surface area contributed by atoms with Crippen molar-refractivity contribution in [3.8, 4) is 0 Å². The fraction of sp³-hybridized carbons (Fsp3) is 0.348. The van der Waals surface area contributed by atoms with Gasteiger partial charge in [0.05, 0.1) is 6.54 Å². The number of carbonyl (C=O) groups is 3. The van der Waals surface area contributed by atoms with Gasteiger partial charge in [-0.15, -0.1) is 0 Å². The highest BCUT2D eigenvalue weighted by Crippen LogP contribution is 2.38. The first-order chi connectivity index (χ1) is 14.3. The highest BCUT2D eigenvalue weighted by molar-refractivity contribution is 6.11. The SMILES string of the molecule is Cc1cc(C(=O)CN2C(=O)N[C@@](C)(c3cc4ccccc4o3)C2=O)c(C)n1C1CC1. The molecule has 2 fully saturated rings. The molecule has 7 nitrogen and oxygen atoms in total. The molecule has 0 spiro atoms. The number of benzene rings is 1. The number of urea groups is 1. The van der Waals surface area contributed by atoms with Crippen molar-refractivity contribution in [3.05, 3.63) is 59.1 Å². The molecule has 154 valence electrons. The van der Waals surface area contributed by atoms with Crippen LogP contribution in [0.25, 0.3) is 11.0 Å². The molecule has 0 unspecified atom stereocenters. The molecule has 1 N–H and O–H groups in total. The molecule has 1 saturated carbocycles. The van der Waals surface area contributed by atoms with Crippen LogP contribution in [0.4, 0.5) is 4.79 Å².